The van der Waals surface area contributed by atoms with Crippen LogP contribution in [0.2, 0.25) is 0 Å². The summed E-state index contributed by atoms with van der Waals surface area (Å²) in [5, 5.41) is 11.3. The van der Waals surface area contributed by atoms with Crippen LogP contribution in [0, 0.1) is 13.8 Å². The molecule has 1 aliphatic heterocycles. The maximum absolute atomic E-state index is 5.74. The minimum Gasteiger partial charge on any atom is -0.486 e. The molecule has 0 saturated carbocycles. The normalized spacial score (nSPS) is 13.5. The molecule has 0 bridgehead atoms. The number of aryl methyl sites for hydroxylation is 3. The minimum atomic E-state index is -0.123. The zero-order valence-corrected chi connectivity index (χ0v) is 21.7. The van der Waals surface area contributed by atoms with Crippen LogP contribution >= 0.6 is 24.0 Å². The van der Waals surface area contributed by atoms with E-state index in [0.29, 0.717) is 19.8 Å². The fraction of sp³-hybridized carbons (Fsp3) is 0.565. The molecular formula is C23H36IN5O2. The largest absolute Gasteiger partial charge is 0.486 e. The summed E-state index contributed by atoms with van der Waals surface area (Å²) in [6, 6.07) is 8.30. The second-order valence-electron chi connectivity index (χ2n) is 8.37. The number of ether oxygens (including phenoxy) is 2. The smallest absolute Gasteiger partial charge is 0.191 e. The Morgan fingerprint density at radius 2 is 1.87 bits per heavy atom. The van der Waals surface area contributed by atoms with Crippen molar-refractivity contribution in [3.05, 3.63) is 41.2 Å². The van der Waals surface area contributed by atoms with Crippen LogP contribution in [-0.2, 0) is 12.0 Å². The fourth-order valence-electron chi connectivity index (χ4n) is 3.51. The quantitative estimate of drug-likeness (QED) is 0.230. The summed E-state index contributed by atoms with van der Waals surface area (Å²) in [5.41, 5.74) is 3.34. The number of aromatic nitrogens is 2. The number of aliphatic imine (C=N–C) groups is 1. The molecule has 0 fully saturated rings. The number of guanidine groups is 1. The van der Waals surface area contributed by atoms with Gasteiger partial charge < -0.3 is 20.1 Å². The molecule has 7 nitrogen and oxygen atoms in total. The molecule has 0 aliphatic carbocycles. The van der Waals surface area contributed by atoms with Gasteiger partial charge in [-0.2, -0.15) is 5.10 Å². The highest BCUT2D eigenvalue weighted by Gasteiger charge is 2.23. The molecule has 2 N–H and O–H groups in total. The maximum atomic E-state index is 5.74. The van der Waals surface area contributed by atoms with Crippen LogP contribution in [0.5, 0.6) is 11.5 Å². The summed E-state index contributed by atoms with van der Waals surface area (Å²) < 4.78 is 13.4. The summed E-state index contributed by atoms with van der Waals surface area (Å²) in [6.07, 6.45) is 0.984. The molecule has 0 spiro atoms. The summed E-state index contributed by atoms with van der Waals surface area (Å²) in [4.78, 5) is 4.84. The Hall–Kier alpha value is -1.97. The molecule has 2 aromatic rings. The van der Waals surface area contributed by atoms with E-state index in [4.69, 9.17) is 14.5 Å². The number of halogens is 1. The standard InChI is InChI=1S/C23H35N5O2.HI/c1-6-24-22(25-10-7-11-28-18(3)14-17(2)27-28)26-16-23(4,5)19-8-9-20-21(15-19)30-13-12-29-20;/h8-9,14-15H,6-7,10-13,16H2,1-5H3,(H2,24,25,26);1H. The predicted octanol–water partition coefficient (Wildman–Crippen LogP) is 3.81. The van der Waals surface area contributed by atoms with E-state index in [9.17, 15) is 0 Å². The summed E-state index contributed by atoms with van der Waals surface area (Å²) in [6.45, 7) is 15.1. The van der Waals surface area contributed by atoms with Crippen molar-refractivity contribution in [2.75, 3.05) is 32.8 Å². The van der Waals surface area contributed by atoms with Crippen LogP contribution in [0.15, 0.2) is 29.3 Å². The number of nitrogens with one attached hydrogen (secondary N) is 2. The Kier molecular flexibility index (Phi) is 9.46. The average molecular weight is 541 g/mol. The lowest BCUT2D eigenvalue weighted by Crippen LogP contribution is -2.39. The lowest BCUT2D eigenvalue weighted by molar-refractivity contribution is 0.171. The lowest BCUT2D eigenvalue weighted by Gasteiger charge is -2.26. The first-order valence-electron chi connectivity index (χ1n) is 10.8. The number of rotatable bonds is 8. The van der Waals surface area contributed by atoms with E-state index in [0.717, 1.165) is 49.2 Å². The van der Waals surface area contributed by atoms with E-state index in [1.807, 2.05) is 13.0 Å². The second kappa shape index (κ2) is 11.6. The van der Waals surface area contributed by atoms with E-state index in [2.05, 4.69) is 66.3 Å². The SMILES string of the molecule is CCNC(=NCC(C)(C)c1ccc2c(c1)OCCO2)NCCCn1nc(C)cc1C.I. The molecule has 0 radical (unpaired) electrons. The number of nitrogens with zero attached hydrogens (tertiary/aromatic N) is 3. The van der Waals surface area contributed by atoms with Gasteiger partial charge in [-0.15, -0.1) is 24.0 Å². The molecule has 0 saturated heterocycles. The van der Waals surface area contributed by atoms with Crippen molar-refractivity contribution in [2.24, 2.45) is 4.99 Å². The van der Waals surface area contributed by atoms with Crippen LogP contribution in [0.3, 0.4) is 0 Å². The van der Waals surface area contributed by atoms with Crippen LogP contribution in [-0.4, -0.2) is 48.6 Å². The van der Waals surface area contributed by atoms with E-state index in [1.54, 1.807) is 0 Å². The molecule has 1 aromatic heterocycles. The van der Waals surface area contributed by atoms with Gasteiger partial charge in [0.2, 0.25) is 0 Å². The van der Waals surface area contributed by atoms with E-state index in [1.165, 1.54) is 11.3 Å². The number of hydrogen-bond acceptors (Lipinski definition) is 4. The van der Waals surface area contributed by atoms with Crippen LogP contribution in [0.25, 0.3) is 0 Å². The number of hydrogen-bond donors (Lipinski definition) is 2. The van der Waals surface area contributed by atoms with Gasteiger partial charge in [-0.05, 0) is 51.0 Å². The Balaban J connectivity index is 0.00000341. The maximum Gasteiger partial charge on any atom is 0.191 e. The van der Waals surface area contributed by atoms with Crippen molar-refractivity contribution in [3.63, 3.8) is 0 Å². The molecule has 0 unspecified atom stereocenters. The highest BCUT2D eigenvalue weighted by molar-refractivity contribution is 14.0. The third-order valence-corrected chi connectivity index (χ3v) is 5.24. The van der Waals surface area contributed by atoms with Crippen molar-refractivity contribution in [2.45, 2.75) is 53.0 Å². The molecule has 3 rings (SSSR count). The van der Waals surface area contributed by atoms with Gasteiger partial charge in [0.05, 0.1) is 12.2 Å². The van der Waals surface area contributed by atoms with Gasteiger partial charge in [0.1, 0.15) is 13.2 Å². The van der Waals surface area contributed by atoms with Crippen molar-refractivity contribution in [1.82, 2.24) is 20.4 Å². The third-order valence-electron chi connectivity index (χ3n) is 5.24. The molecule has 2 heterocycles. The molecule has 1 aromatic carbocycles. The van der Waals surface area contributed by atoms with E-state index >= 15 is 0 Å². The first-order chi connectivity index (χ1) is 14.4. The molecule has 31 heavy (non-hydrogen) atoms. The van der Waals surface area contributed by atoms with Crippen LogP contribution in [0.4, 0.5) is 0 Å². The first-order valence-corrected chi connectivity index (χ1v) is 10.8. The van der Waals surface area contributed by atoms with Gasteiger partial charge in [0.15, 0.2) is 17.5 Å². The summed E-state index contributed by atoms with van der Waals surface area (Å²) in [5.74, 6) is 2.49. The van der Waals surface area contributed by atoms with Crippen molar-refractivity contribution < 1.29 is 9.47 Å². The lowest BCUT2D eigenvalue weighted by atomic mass is 9.84. The molecule has 0 amide bonds. The Bertz CT molecular complexity index is 879. The van der Waals surface area contributed by atoms with Crippen molar-refractivity contribution in [1.29, 1.82) is 0 Å². The van der Waals surface area contributed by atoms with Crippen molar-refractivity contribution in [3.8, 4) is 11.5 Å². The topological polar surface area (TPSA) is 72.7 Å². The summed E-state index contributed by atoms with van der Waals surface area (Å²) in [7, 11) is 0. The number of fused-ring (bicyclic) bond motifs is 1. The van der Waals surface area contributed by atoms with Gasteiger partial charge in [0, 0.05) is 30.7 Å². The van der Waals surface area contributed by atoms with E-state index in [-0.39, 0.29) is 29.4 Å². The van der Waals surface area contributed by atoms with Crippen LogP contribution in [0.1, 0.15) is 44.1 Å². The highest BCUT2D eigenvalue weighted by Crippen LogP contribution is 2.35. The average Bonchev–Trinajstić information content (AvgIpc) is 3.05. The monoisotopic (exact) mass is 541 g/mol. The Morgan fingerprint density at radius 1 is 1.13 bits per heavy atom. The minimum absolute atomic E-state index is 0. The fourth-order valence-corrected chi connectivity index (χ4v) is 3.51. The van der Waals surface area contributed by atoms with Gasteiger partial charge in [-0.3, -0.25) is 9.67 Å². The van der Waals surface area contributed by atoms with Crippen molar-refractivity contribution >= 4 is 29.9 Å². The second-order valence-corrected chi connectivity index (χ2v) is 8.37. The number of benzene rings is 1. The molecule has 1 aliphatic rings. The van der Waals surface area contributed by atoms with Gasteiger partial charge >= 0.3 is 0 Å². The third kappa shape index (κ3) is 7.02. The van der Waals surface area contributed by atoms with Gasteiger partial charge in [-0.25, -0.2) is 0 Å². The van der Waals surface area contributed by atoms with Gasteiger partial charge in [0.25, 0.3) is 0 Å². The Morgan fingerprint density at radius 3 is 2.55 bits per heavy atom. The molecule has 0 atom stereocenters. The van der Waals surface area contributed by atoms with Crippen LogP contribution < -0.4 is 20.1 Å². The highest BCUT2D eigenvalue weighted by atomic mass is 127. The molecule has 172 valence electrons. The van der Waals surface area contributed by atoms with E-state index < -0.39 is 0 Å². The molecule has 8 heteroatoms. The zero-order chi connectivity index (χ0) is 21.6. The van der Waals surface area contributed by atoms with Gasteiger partial charge in [-0.1, -0.05) is 19.9 Å². The molecular weight excluding hydrogens is 505 g/mol. The zero-order valence-electron chi connectivity index (χ0n) is 19.3. The Labute approximate surface area is 203 Å². The predicted molar refractivity (Wildman–Crippen MR) is 136 cm³/mol. The summed E-state index contributed by atoms with van der Waals surface area (Å²) >= 11 is 0. The first kappa shape index (κ1) is 25.3.